The quantitative estimate of drug-likeness (QED) is 0.498. The molecule has 1 saturated carbocycles. The van der Waals surface area contributed by atoms with E-state index in [0.717, 1.165) is 17.5 Å². The van der Waals surface area contributed by atoms with Crippen molar-refractivity contribution in [2.75, 3.05) is 13.1 Å². The Kier molecular flexibility index (Phi) is 13.8. The first kappa shape index (κ1) is 27.0. The summed E-state index contributed by atoms with van der Waals surface area (Å²) in [6.45, 7) is 11.6. The first-order valence-corrected chi connectivity index (χ1v) is 12.0. The summed E-state index contributed by atoms with van der Waals surface area (Å²) in [6.07, 6.45) is 14.7. The van der Waals surface area contributed by atoms with E-state index in [9.17, 15) is 0 Å². The molecule has 128 valence electrons. The number of hydrogen-bond acceptors (Lipinski definition) is 2. The largest absolute Gasteiger partial charge is 1.00 e. The summed E-state index contributed by atoms with van der Waals surface area (Å²) in [6, 6.07) is 0.763. The number of rotatable bonds is 2. The van der Waals surface area contributed by atoms with Crippen molar-refractivity contribution in [2.45, 2.75) is 64.2 Å². The zero-order chi connectivity index (χ0) is 15.5. The Morgan fingerprint density at radius 3 is 1.92 bits per heavy atom. The van der Waals surface area contributed by atoms with E-state index in [0.29, 0.717) is 5.92 Å². The fourth-order valence-corrected chi connectivity index (χ4v) is 6.44. The van der Waals surface area contributed by atoms with E-state index in [1.165, 1.54) is 38.8 Å². The Hall–Kier alpha value is 0.812. The minimum Gasteiger partial charge on any atom is -0.358 e. The maximum absolute atomic E-state index is 6.57. The molecule has 0 aromatic heterocycles. The minimum absolute atomic E-state index is 0. The van der Waals surface area contributed by atoms with Crippen molar-refractivity contribution < 1.29 is 37.7 Å². The van der Waals surface area contributed by atoms with E-state index in [1.54, 1.807) is 0 Å². The first-order valence-electron chi connectivity index (χ1n) is 8.87. The van der Waals surface area contributed by atoms with E-state index >= 15 is 0 Å². The van der Waals surface area contributed by atoms with Gasteiger partial charge in [0.25, 0.3) is 0 Å². The van der Waals surface area contributed by atoms with Gasteiger partial charge >= 0.3 is 37.7 Å². The van der Waals surface area contributed by atoms with Gasteiger partial charge in [0.15, 0.2) is 0 Å². The molecular formula is C19H37Li2N2Si+. The van der Waals surface area contributed by atoms with Crippen molar-refractivity contribution in [2.24, 2.45) is 17.2 Å². The summed E-state index contributed by atoms with van der Waals surface area (Å²) < 4.78 is 0. The van der Waals surface area contributed by atoms with E-state index in [1.807, 2.05) is 0 Å². The van der Waals surface area contributed by atoms with Gasteiger partial charge < -0.3 is 12.8 Å². The molecule has 24 heavy (non-hydrogen) atoms. The predicted molar refractivity (Wildman–Crippen MR) is 102 cm³/mol. The van der Waals surface area contributed by atoms with E-state index in [-0.39, 0.29) is 45.1 Å². The minimum atomic E-state index is -1.54. The number of likely N-dealkylation sites (tertiary alicyclic amines) is 1. The van der Waals surface area contributed by atoms with Crippen LogP contribution in [0, 0.1) is 19.3 Å². The van der Waals surface area contributed by atoms with Gasteiger partial charge in [-0.3, -0.25) is 4.90 Å². The Morgan fingerprint density at radius 2 is 1.46 bits per heavy atom. The molecule has 0 aromatic rings. The fraction of sp³-hybridized carbons (Fsp3) is 0.737. The Labute approximate surface area is 176 Å². The molecule has 4 unspecified atom stereocenters. The number of hydrogen-bond donors (Lipinski definition) is 1. The van der Waals surface area contributed by atoms with E-state index < -0.39 is 8.24 Å². The van der Waals surface area contributed by atoms with Crippen molar-refractivity contribution in [1.82, 2.24) is 4.90 Å². The number of allylic oxidation sites excluding steroid dienone is 3. The van der Waals surface area contributed by atoms with Crippen LogP contribution in [0.25, 0.3) is 0 Å². The van der Waals surface area contributed by atoms with Crippen LogP contribution in [-0.2, 0) is 0 Å². The van der Waals surface area contributed by atoms with Gasteiger partial charge in [-0.1, -0.05) is 57.7 Å². The van der Waals surface area contributed by atoms with Gasteiger partial charge in [-0.15, -0.1) is 0 Å². The molecule has 3 rings (SSSR count). The molecule has 2 N–H and O–H groups in total. The molecule has 2 fully saturated rings. The Bertz CT molecular complexity index is 387. The molecule has 4 atom stereocenters. The van der Waals surface area contributed by atoms with Gasteiger partial charge in [-0.05, 0) is 49.7 Å². The molecule has 0 spiro atoms. The number of nitrogens with two attached hydrogens (primary N) is 1. The molecule has 2 nitrogen and oxygen atoms in total. The van der Waals surface area contributed by atoms with Crippen LogP contribution >= 0.6 is 0 Å². The third-order valence-corrected chi connectivity index (χ3v) is 7.72. The average molecular weight is 335 g/mol. The standard InChI is InChI=1S/C15H26N2Si.C3H8.CH3.2Li/c1-18(2,16)15-11-14(17-9-5-6-10-17)12-7-3-4-8-13(12)15;1-3-2;;;/h3-4,7-8,12-15H,5-6,9-11,16H2,1-2H3;3H2,1-2H3;1H3;;/q;;-1;2*+1. The van der Waals surface area contributed by atoms with Crippen LogP contribution in [0.2, 0.25) is 18.6 Å². The van der Waals surface area contributed by atoms with Gasteiger partial charge in [0, 0.05) is 6.04 Å². The SMILES string of the molecule is CCC.C[Si](C)(N)C1CC(N2CCCC2)C2C=CC=CC21.[CH3-].[Li+].[Li+]. The van der Waals surface area contributed by atoms with Gasteiger partial charge in [0.2, 0.25) is 0 Å². The average Bonchev–Trinajstić information content (AvgIpc) is 3.05. The van der Waals surface area contributed by atoms with Crippen LogP contribution in [0.4, 0.5) is 0 Å². The Balaban J connectivity index is 0. The van der Waals surface area contributed by atoms with Crippen molar-refractivity contribution >= 4 is 8.24 Å². The monoisotopic (exact) mass is 335 g/mol. The molecule has 1 aliphatic heterocycles. The second kappa shape index (κ2) is 12.2. The van der Waals surface area contributed by atoms with E-state index in [4.69, 9.17) is 5.40 Å². The van der Waals surface area contributed by atoms with Gasteiger partial charge in [0.1, 0.15) is 8.24 Å². The van der Waals surface area contributed by atoms with Crippen LogP contribution < -0.4 is 43.1 Å². The molecule has 5 heteroatoms. The van der Waals surface area contributed by atoms with Crippen molar-refractivity contribution in [3.63, 3.8) is 0 Å². The predicted octanol–water partition coefficient (Wildman–Crippen LogP) is -1.38. The maximum Gasteiger partial charge on any atom is 1.00 e. The van der Waals surface area contributed by atoms with Crippen LogP contribution in [0.15, 0.2) is 24.3 Å². The first-order chi connectivity index (χ1) is 9.99. The molecule has 2 aliphatic carbocycles. The molecule has 1 saturated heterocycles. The number of fused-ring (bicyclic) bond motifs is 1. The maximum atomic E-state index is 6.57. The van der Waals surface area contributed by atoms with Crippen LogP contribution in [0.1, 0.15) is 39.5 Å². The molecule has 0 radical (unpaired) electrons. The second-order valence-corrected chi connectivity index (χ2v) is 12.0. The third-order valence-electron chi connectivity index (χ3n) is 5.19. The Morgan fingerprint density at radius 1 is 1.00 bits per heavy atom. The molecule has 0 aromatic carbocycles. The third kappa shape index (κ3) is 6.52. The topological polar surface area (TPSA) is 29.3 Å². The molecule has 0 bridgehead atoms. The fourth-order valence-electron chi connectivity index (χ4n) is 4.27. The zero-order valence-corrected chi connectivity index (χ0v) is 18.4. The van der Waals surface area contributed by atoms with Gasteiger partial charge in [-0.2, -0.15) is 0 Å². The summed E-state index contributed by atoms with van der Waals surface area (Å²) in [5.74, 6) is 1.45. The summed E-state index contributed by atoms with van der Waals surface area (Å²) in [4.78, 5) is 2.74. The smallest absolute Gasteiger partial charge is 0.358 e. The van der Waals surface area contributed by atoms with Crippen LogP contribution in [-0.4, -0.2) is 32.3 Å². The van der Waals surface area contributed by atoms with Crippen molar-refractivity contribution in [1.29, 1.82) is 0 Å². The van der Waals surface area contributed by atoms with Gasteiger partial charge in [-0.25, -0.2) is 0 Å². The van der Waals surface area contributed by atoms with Crippen molar-refractivity contribution in [3.8, 4) is 0 Å². The summed E-state index contributed by atoms with van der Waals surface area (Å²) >= 11 is 0. The van der Waals surface area contributed by atoms with Crippen molar-refractivity contribution in [3.05, 3.63) is 31.7 Å². The molecule has 1 heterocycles. The van der Waals surface area contributed by atoms with Crippen LogP contribution in [0.5, 0.6) is 0 Å². The van der Waals surface area contributed by atoms with Crippen LogP contribution in [0.3, 0.4) is 0 Å². The number of nitrogens with zero attached hydrogens (tertiary/aromatic N) is 1. The summed E-state index contributed by atoms with van der Waals surface area (Å²) in [7, 11) is -1.54. The van der Waals surface area contributed by atoms with E-state index in [2.05, 4.69) is 56.1 Å². The molecular weight excluding hydrogens is 298 g/mol. The zero-order valence-electron chi connectivity index (χ0n) is 17.4. The normalized spacial score (nSPS) is 31.0. The molecule has 3 aliphatic rings. The summed E-state index contributed by atoms with van der Waals surface area (Å²) in [5.41, 5.74) is 0.759. The molecule has 0 amide bonds. The van der Waals surface area contributed by atoms with Gasteiger partial charge in [0.05, 0.1) is 0 Å². The second-order valence-electron chi connectivity index (χ2n) is 7.61. The summed E-state index contributed by atoms with van der Waals surface area (Å²) in [5, 5.41) is 6.57.